The van der Waals surface area contributed by atoms with Gasteiger partial charge in [0.15, 0.2) is 5.82 Å². The van der Waals surface area contributed by atoms with Gasteiger partial charge in [0.1, 0.15) is 4.90 Å². The van der Waals surface area contributed by atoms with E-state index >= 15 is 0 Å². The lowest BCUT2D eigenvalue weighted by atomic mass is 10.2. The Bertz CT molecular complexity index is 639. The fraction of sp³-hybridized carbons (Fsp3) is 0.538. The standard InChI is InChI=1S/C13H19ClFN3O2S/c1-3-17-4-5-18(8-9(17)2)21(19,20)12-7-10(16)6-11(14)13(12)15/h6-7,9H,3-5,8,16H2,1-2H3. The van der Waals surface area contributed by atoms with Crippen molar-refractivity contribution in [2.45, 2.75) is 24.8 Å². The minimum absolute atomic E-state index is 0.0816. The van der Waals surface area contributed by atoms with Gasteiger partial charge in [0.2, 0.25) is 10.0 Å². The molecule has 0 spiro atoms. The molecule has 1 unspecified atom stereocenters. The Morgan fingerprint density at radius 2 is 2.10 bits per heavy atom. The third-order valence-electron chi connectivity index (χ3n) is 3.77. The number of piperazine rings is 1. The van der Waals surface area contributed by atoms with Crippen molar-refractivity contribution in [3.8, 4) is 0 Å². The lowest BCUT2D eigenvalue weighted by Gasteiger charge is -2.38. The predicted molar refractivity (Wildman–Crippen MR) is 81.3 cm³/mol. The second-order valence-corrected chi connectivity index (χ2v) is 7.47. The molecule has 0 bridgehead atoms. The largest absolute Gasteiger partial charge is 0.399 e. The average molecular weight is 336 g/mol. The second kappa shape index (κ2) is 6.08. The number of hydrogen-bond acceptors (Lipinski definition) is 4. The summed E-state index contributed by atoms with van der Waals surface area (Å²) >= 11 is 5.69. The first kappa shape index (κ1) is 16.5. The molecule has 21 heavy (non-hydrogen) atoms. The number of sulfonamides is 1. The van der Waals surface area contributed by atoms with E-state index < -0.39 is 20.7 Å². The summed E-state index contributed by atoms with van der Waals surface area (Å²) in [6, 6.07) is 2.40. The van der Waals surface area contributed by atoms with Gasteiger partial charge in [-0.3, -0.25) is 4.90 Å². The van der Waals surface area contributed by atoms with Gasteiger partial charge in [0.05, 0.1) is 5.02 Å². The number of rotatable bonds is 3. The number of benzene rings is 1. The fourth-order valence-electron chi connectivity index (χ4n) is 2.56. The van der Waals surface area contributed by atoms with Crippen LogP contribution in [0.25, 0.3) is 0 Å². The van der Waals surface area contributed by atoms with Gasteiger partial charge in [-0.15, -0.1) is 0 Å². The highest BCUT2D eigenvalue weighted by Gasteiger charge is 2.34. The summed E-state index contributed by atoms with van der Waals surface area (Å²) in [7, 11) is -3.94. The van der Waals surface area contributed by atoms with E-state index in [-0.39, 0.29) is 16.8 Å². The number of anilines is 1. The Morgan fingerprint density at radius 1 is 1.43 bits per heavy atom. The maximum atomic E-state index is 14.1. The van der Waals surface area contributed by atoms with E-state index in [1.165, 1.54) is 10.4 Å². The second-order valence-electron chi connectivity index (χ2n) is 5.16. The third kappa shape index (κ3) is 3.15. The Balaban J connectivity index is 2.36. The smallest absolute Gasteiger partial charge is 0.246 e. The zero-order chi connectivity index (χ0) is 15.8. The van der Waals surface area contributed by atoms with E-state index in [0.29, 0.717) is 19.6 Å². The average Bonchev–Trinajstić information content (AvgIpc) is 2.42. The molecule has 1 aromatic carbocycles. The molecule has 8 heteroatoms. The molecule has 0 aromatic heterocycles. The van der Waals surface area contributed by atoms with Crippen molar-refractivity contribution in [2.24, 2.45) is 0 Å². The molecule has 1 aliphatic rings. The quantitative estimate of drug-likeness (QED) is 0.855. The Hall–Kier alpha value is -0.890. The molecule has 2 rings (SSSR count). The SMILES string of the molecule is CCN1CCN(S(=O)(=O)c2cc(N)cc(Cl)c2F)CC1C. The van der Waals surface area contributed by atoms with Gasteiger partial charge in [-0.25, -0.2) is 12.8 Å². The van der Waals surface area contributed by atoms with Crippen LogP contribution in [-0.2, 0) is 10.0 Å². The van der Waals surface area contributed by atoms with Gasteiger partial charge in [-0.2, -0.15) is 4.31 Å². The van der Waals surface area contributed by atoms with E-state index in [1.807, 2.05) is 13.8 Å². The van der Waals surface area contributed by atoms with Crippen molar-refractivity contribution in [3.05, 3.63) is 23.0 Å². The van der Waals surface area contributed by atoms with Crippen LogP contribution in [0.15, 0.2) is 17.0 Å². The van der Waals surface area contributed by atoms with Crippen LogP contribution in [0, 0.1) is 5.82 Å². The molecule has 0 radical (unpaired) electrons. The van der Waals surface area contributed by atoms with Gasteiger partial charge in [-0.1, -0.05) is 18.5 Å². The lowest BCUT2D eigenvalue weighted by molar-refractivity contribution is 0.135. The fourth-order valence-corrected chi connectivity index (χ4v) is 4.48. The van der Waals surface area contributed by atoms with E-state index in [9.17, 15) is 12.8 Å². The Labute approximate surface area is 129 Å². The Morgan fingerprint density at radius 3 is 2.67 bits per heavy atom. The molecule has 1 heterocycles. The molecule has 2 N–H and O–H groups in total. The summed E-state index contributed by atoms with van der Waals surface area (Å²) < 4.78 is 40.6. The molecule has 5 nitrogen and oxygen atoms in total. The minimum Gasteiger partial charge on any atom is -0.399 e. The first-order chi connectivity index (χ1) is 9.77. The first-order valence-corrected chi connectivity index (χ1v) is 8.58. The van der Waals surface area contributed by atoms with E-state index in [1.54, 1.807) is 0 Å². The normalized spacial score (nSPS) is 21.6. The molecule has 0 aliphatic carbocycles. The van der Waals surface area contributed by atoms with Crippen LogP contribution in [-0.4, -0.2) is 49.8 Å². The highest BCUT2D eigenvalue weighted by atomic mass is 35.5. The van der Waals surface area contributed by atoms with Gasteiger partial charge in [-0.05, 0) is 25.6 Å². The molecular formula is C13H19ClFN3O2S. The maximum Gasteiger partial charge on any atom is 0.246 e. The molecule has 0 saturated carbocycles. The summed E-state index contributed by atoms with van der Waals surface area (Å²) in [5.74, 6) is -0.948. The van der Waals surface area contributed by atoms with E-state index in [0.717, 1.165) is 12.6 Å². The van der Waals surface area contributed by atoms with Crippen LogP contribution < -0.4 is 5.73 Å². The molecule has 118 valence electrons. The van der Waals surface area contributed by atoms with E-state index in [2.05, 4.69) is 4.90 Å². The zero-order valence-electron chi connectivity index (χ0n) is 12.0. The summed E-state index contributed by atoms with van der Waals surface area (Å²) in [5.41, 5.74) is 5.71. The minimum atomic E-state index is -3.94. The monoisotopic (exact) mass is 335 g/mol. The highest BCUT2D eigenvalue weighted by molar-refractivity contribution is 7.89. The summed E-state index contributed by atoms with van der Waals surface area (Å²) in [5, 5.41) is -0.284. The number of halogens is 2. The topological polar surface area (TPSA) is 66.6 Å². The number of likely N-dealkylation sites (N-methyl/N-ethyl adjacent to an activating group) is 1. The van der Waals surface area contributed by atoms with Crippen LogP contribution >= 0.6 is 11.6 Å². The van der Waals surface area contributed by atoms with Crippen molar-refractivity contribution in [1.82, 2.24) is 9.21 Å². The summed E-state index contributed by atoms with van der Waals surface area (Å²) in [6.45, 7) is 6.10. The van der Waals surface area contributed by atoms with Crippen molar-refractivity contribution >= 4 is 27.3 Å². The van der Waals surface area contributed by atoms with Gasteiger partial charge >= 0.3 is 0 Å². The predicted octanol–water partition coefficient (Wildman–Crippen LogP) is 1.78. The number of nitrogens with two attached hydrogens (primary N) is 1. The third-order valence-corrected chi connectivity index (χ3v) is 5.91. The maximum absolute atomic E-state index is 14.1. The lowest BCUT2D eigenvalue weighted by Crippen LogP contribution is -2.53. The van der Waals surface area contributed by atoms with Crippen molar-refractivity contribution in [3.63, 3.8) is 0 Å². The molecule has 1 fully saturated rings. The zero-order valence-corrected chi connectivity index (χ0v) is 13.6. The molecule has 1 aliphatic heterocycles. The van der Waals surface area contributed by atoms with Crippen LogP contribution in [0.1, 0.15) is 13.8 Å². The molecular weight excluding hydrogens is 317 g/mol. The highest BCUT2D eigenvalue weighted by Crippen LogP contribution is 2.29. The summed E-state index contributed by atoms with van der Waals surface area (Å²) in [6.07, 6.45) is 0. The molecule has 1 atom stereocenters. The Kier molecular flexibility index (Phi) is 4.77. The number of hydrogen-bond donors (Lipinski definition) is 1. The van der Waals surface area contributed by atoms with Crippen molar-refractivity contribution in [1.29, 1.82) is 0 Å². The van der Waals surface area contributed by atoms with Crippen LogP contribution in [0.5, 0.6) is 0 Å². The van der Waals surface area contributed by atoms with Crippen LogP contribution in [0.3, 0.4) is 0 Å². The molecule has 0 amide bonds. The van der Waals surface area contributed by atoms with Crippen LogP contribution in [0.4, 0.5) is 10.1 Å². The van der Waals surface area contributed by atoms with Crippen molar-refractivity contribution < 1.29 is 12.8 Å². The number of nitrogens with zero attached hydrogens (tertiary/aromatic N) is 2. The van der Waals surface area contributed by atoms with E-state index in [4.69, 9.17) is 17.3 Å². The summed E-state index contributed by atoms with van der Waals surface area (Å²) in [4.78, 5) is 1.72. The van der Waals surface area contributed by atoms with Gasteiger partial charge < -0.3 is 5.73 Å². The van der Waals surface area contributed by atoms with Crippen molar-refractivity contribution in [2.75, 3.05) is 31.9 Å². The molecule has 1 saturated heterocycles. The van der Waals surface area contributed by atoms with Gasteiger partial charge in [0, 0.05) is 31.4 Å². The van der Waals surface area contributed by atoms with Gasteiger partial charge in [0.25, 0.3) is 0 Å². The first-order valence-electron chi connectivity index (χ1n) is 6.76. The molecule has 1 aromatic rings. The number of nitrogen functional groups attached to an aromatic ring is 1. The van der Waals surface area contributed by atoms with Crippen LogP contribution in [0.2, 0.25) is 5.02 Å².